The molecule has 0 N–H and O–H groups in total. The summed E-state index contributed by atoms with van der Waals surface area (Å²) in [4.78, 5) is 29.3. The van der Waals surface area contributed by atoms with Gasteiger partial charge in [-0.1, -0.05) is 84.9 Å². The van der Waals surface area contributed by atoms with Gasteiger partial charge in [-0.3, -0.25) is 9.97 Å². The van der Waals surface area contributed by atoms with E-state index in [1.54, 1.807) is 12.4 Å². The zero-order chi connectivity index (χ0) is 29.3. The Kier molecular flexibility index (Phi) is 6.35. The first-order valence-corrected chi connectivity index (χ1v) is 14.4. The Bertz CT molecular complexity index is 2250. The van der Waals surface area contributed by atoms with Crippen LogP contribution in [0.3, 0.4) is 0 Å². The van der Waals surface area contributed by atoms with Crippen molar-refractivity contribution in [2.24, 2.45) is 0 Å². The van der Waals surface area contributed by atoms with Gasteiger partial charge in [0.05, 0.1) is 33.6 Å². The minimum absolute atomic E-state index is 0.628. The number of hydrogen-bond acceptors (Lipinski definition) is 6. The molecule has 6 nitrogen and oxygen atoms in total. The molecular weight excluding hydrogens is 540 g/mol. The predicted molar refractivity (Wildman–Crippen MR) is 175 cm³/mol. The summed E-state index contributed by atoms with van der Waals surface area (Å²) < 4.78 is 0. The third-order valence-corrected chi connectivity index (χ3v) is 7.61. The van der Waals surface area contributed by atoms with E-state index in [9.17, 15) is 0 Å². The average Bonchev–Trinajstić information content (AvgIpc) is 3.11. The number of para-hydroxylation sites is 1. The van der Waals surface area contributed by atoms with Crippen LogP contribution in [-0.4, -0.2) is 29.9 Å². The molecule has 0 bridgehead atoms. The van der Waals surface area contributed by atoms with Crippen LogP contribution in [0.25, 0.3) is 78.5 Å². The van der Waals surface area contributed by atoms with Gasteiger partial charge in [0.2, 0.25) is 0 Å². The fraction of sp³-hybridized carbons (Fsp3) is 0. The van der Waals surface area contributed by atoms with Gasteiger partial charge in [-0.2, -0.15) is 0 Å². The number of benzene rings is 4. The number of pyridine rings is 2. The quantitative estimate of drug-likeness (QED) is 0.208. The van der Waals surface area contributed by atoms with E-state index in [2.05, 4.69) is 64.6 Å². The van der Waals surface area contributed by atoms with Crippen molar-refractivity contribution in [3.63, 3.8) is 0 Å². The molecule has 6 heteroatoms. The lowest BCUT2D eigenvalue weighted by atomic mass is 10.0. The molecule has 8 aromatic rings. The highest BCUT2D eigenvalue weighted by molar-refractivity contribution is 5.94. The van der Waals surface area contributed by atoms with Crippen molar-refractivity contribution in [1.29, 1.82) is 0 Å². The smallest absolute Gasteiger partial charge is 0.160 e. The van der Waals surface area contributed by atoms with Crippen molar-refractivity contribution in [2.75, 3.05) is 0 Å². The molecule has 4 heterocycles. The van der Waals surface area contributed by atoms with Crippen molar-refractivity contribution >= 4 is 21.9 Å². The minimum atomic E-state index is 0.628. The normalized spacial score (nSPS) is 11.2. The fourth-order valence-electron chi connectivity index (χ4n) is 5.43. The predicted octanol–water partition coefficient (Wildman–Crippen LogP) is 8.70. The summed E-state index contributed by atoms with van der Waals surface area (Å²) in [5.74, 6) is 0.628. The van der Waals surface area contributed by atoms with E-state index in [1.807, 2.05) is 78.9 Å². The molecule has 0 unspecified atom stereocenters. The molecule has 0 spiro atoms. The summed E-state index contributed by atoms with van der Waals surface area (Å²) in [5, 5.41) is 1.00. The maximum Gasteiger partial charge on any atom is 0.160 e. The molecule has 0 fully saturated rings. The molecule has 0 aliphatic rings. The Labute approximate surface area is 253 Å². The molecule has 4 aromatic heterocycles. The molecule has 0 aliphatic carbocycles. The molecule has 8 rings (SSSR count). The van der Waals surface area contributed by atoms with Gasteiger partial charge in [0, 0.05) is 28.9 Å². The van der Waals surface area contributed by atoms with Crippen LogP contribution in [0.2, 0.25) is 0 Å². The second-order valence-corrected chi connectivity index (χ2v) is 10.4. The summed E-state index contributed by atoms with van der Waals surface area (Å²) in [6.07, 6.45) is 3.52. The minimum Gasteiger partial charge on any atom is -0.255 e. The topological polar surface area (TPSA) is 77.3 Å². The molecule has 0 saturated heterocycles. The van der Waals surface area contributed by atoms with E-state index in [1.165, 1.54) is 5.56 Å². The zero-order valence-corrected chi connectivity index (χ0v) is 23.5. The van der Waals surface area contributed by atoms with Gasteiger partial charge < -0.3 is 0 Å². The molecule has 0 aliphatic heterocycles. The van der Waals surface area contributed by atoms with Gasteiger partial charge in [0.15, 0.2) is 5.82 Å². The first-order chi connectivity index (χ1) is 21.8. The zero-order valence-electron chi connectivity index (χ0n) is 23.5. The van der Waals surface area contributed by atoms with Crippen molar-refractivity contribution in [3.05, 3.63) is 146 Å². The Morgan fingerprint density at radius 3 is 1.64 bits per heavy atom. The van der Waals surface area contributed by atoms with Gasteiger partial charge in [-0.15, -0.1) is 0 Å². The molecule has 0 radical (unpaired) electrons. The lowest BCUT2D eigenvalue weighted by Gasteiger charge is -2.12. The summed E-state index contributed by atoms with van der Waals surface area (Å²) in [7, 11) is 0. The van der Waals surface area contributed by atoms with Crippen LogP contribution in [0.4, 0.5) is 0 Å². The molecule has 44 heavy (non-hydrogen) atoms. The average molecular weight is 565 g/mol. The standard InChI is InChI=1S/C38H24N6/c1-2-10-25(11-3-1)26-16-18-27(19-17-26)35-29-12-4-5-13-30(29)43-38(44-35)28-20-21-31-34(24-28)42-37(33-15-7-9-23-40-33)36(41-31)32-14-6-8-22-39-32/h1-24H. The SMILES string of the molecule is c1ccc(-c2ccc(-c3nc(-c4ccc5nc(-c6ccccn6)c(-c6ccccn6)nc5c4)nc4ccccc34)cc2)cc1. The summed E-state index contributed by atoms with van der Waals surface area (Å²) >= 11 is 0. The van der Waals surface area contributed by atoms with Crippen LogP contribution >= 0.6 is 0 Å². The van der Waals surface area contributed by atoms with Crippen molar-refractivity contribution < 1.29 is 0 Å². The molecule has 4 aromatic carbocycles. The van der Waals surface area contributed by atoms with Gasteiger partial charge >= 0.3 is 0 Å². The van der Waals surface area contributed by atoms with E-state index < -0.39 is 0 Å². The first kappa shape index (κ1) is 25.6. The maximum atomic E-state index is 5.11. The molecule has 0 saturated carbocycles. The van der Waals surface area contributed by atoms with Crippen LogP contribution in [0, 0.1) is 0 Å². The molecule has 0 atom stereocenters. The lowest BCUT2D eigenvalue weighted by molar-refractivity contribution is 1.20. The second kappa shape index (κ2) is 10.9. The monoisotopic (exact) mass is 564 g/mol. The first-order valence-electron chi connectivity index (χ1n) is 14.4. The highest BCUT2D eigenvalue weighted by Crippen LogP contribution is 2.33. The summed E-state index contributed by atoms with van der Waals surface area (Å²) in [6, 6.07) is 44.6. The van der Waals surface area contributed by atoms with Crippen LogP contribution in [0.1, 0.15) is 0 Å². The second-order valence-electron chi connectivity index (χ2n) is 10.4. The van der Waals surface area contributed by atoms with Crippen LogP contribution in [-0.2, 0) is 0 Å². The summed E-state index contributed by atoms with van der Waals surface area (Å²) in [5.41, 5.74) is 10.3. The Balaban J connectivity index is 1.26. The maximum absolute atomic E-state index is 5.11. The van der Waals surface area contributed by atoms with Gasteiger partial charge in [0.25, 0.3) is 0 Å². The Morgan fingerprint density at radius 2 is 0.932 bits per heavy atom. The van der Waals surface area contributed by atoms with Crippen LogP contribution in [0.15, 0.2) is 146 Å². The molecule has 206 valence electrons. The van der Waals surface area contributed by atoms with E-state index in [0.29, 0.717) is 17.2 Å². The Morgan fingerprint density at radius 1 is 0.341 bits per heavy atom. The van der Waals surface area contributed by atoms with Crippen LogP contribution < -0.4 is 0 Å². The van der Waals surface area contributed by atoms with Gasteiger partial charge in [-0.05, 0) is 59.7 Å². The molecule has 0 amide bonds. The van der Waals surface area contributed by atoms with Crippen molar-refractivity contribution in [2.45, 2.75) is 0 Å². The van der Waals surface area contributed by atoms with Crippen LogP contribution in [0.5, 0.6) is 0 Å². The number of nitrogens with zero attached hydrogens (tertiary/aromatic N) is 6. The van der Waals surface area contributed by atoms with E-state index in [4.69, 9.17) is 19.9 Å². The van der Waals surface area contributed by atoms with E-state index in [-0.39, 0.29) is 0 Å². The number of aromatic nitrogens is 6. The lowest BCUT2D eigenvalue weighted by Crippen LogP contribution is -1.99. The fourth-order valence-corrected chi connectivity index (χ4v) is 5.43. The summed E-state index contributed by atoms with van der Waals surface area (Å²) in [6.45, 7) is 0. The number of fused-ring (bicyclic) bond motifs is 2. The highest BCUT2D eigenvalue weighted by atomic mass is 14.9. The Hall–Kier alpha value is -6.14. The number of rotatable bonds is 5. The third-order valence-electron chi connectivity index (χ3n) is 7.61. The largest absolute Gasteiger partial charge is 0.255 e. The molecular formula is C38H24N6. The van der Waals surface area contributed by atoms with Gasteiger partial charge in [-0.25, -0.2) is 19.9 Å². The number of hydrogen-bond donors (Lipinski definition) is 0. The van der Waals surface area contributed by atoms with Gasteiger partial charge in [0.1, 0.15) is 11.4 Å². The van der Waals surface area contributed by atoms with E-state index in [0.717, 1.165) is 55.7 Å². The van der Waals surface area contributed by atoms with E-state index >= 15 is 0 Å². The third kappa shape index (κ3) is 4.74. The highest BCUT2D eigenvalue weighted by Gasteiger charge is 2.17. The van der Waals surface area contributed by atoms with Crippen molar-refractivity contribution in [3.8, 4) is 56.5 Å². The van der Waals surface area contributed by atoms with Crippen molar-refractivity contribution in [1.82, 2.24) is 29.9 Å².